The highest BCUT2D eigenvalue weighted by Gasteiger charge is 2.32. The van der Waals surface area contributed by atoms with Crippen molar-refractivity contribution in [3.05, 3.63) is 5.82 Å². The van der Waals surface area contributed by atoms with Gasteiger partial charge in [-0.1, -0.05) is 20.3 Å². The van der Waals surface area contributed by atoms with Gasteiger partial charge in [0, 0.05) is 11.5 Å². The Labute approximate surface area is 139 Å². The Hall–Kier alpha value is -1.74. The first-order valence-electron chi connectivity index (χ1n) is 7.65. The molecule has 1 amide bonds. The summed E-state index contributed by atoms with van der Waals surface area (Å²) in [6.07, 6.45) is 0.483. The number of esters is 1. The van der Waals surface area contributed by atoms with Crippen LogP contribution in [-0.4, -0.2) is 45.8 Å². The van der Waals surface area contributed by atoms with Crippen LogP contribution in [0.5, 0.6) is 0 Å². The topological polar surface area (TPSA) is 111 Å². The van der Waals surface area contributed by atoms with Gasteiger partial charge < -0.3 is 14.6 Å². The third-order valence-electron chi connectivity index (χ3n) is 3.00. The molecule has 0 bridgehead atoms. The number of aliphatic hydroxyl groups is 1. The van der Waals surface area contributed by atoms with Crippen LogP contribution in [0.4, 0.5) is 9.93 Å². The molecule has 23 heavy (non-hydrogen) atoms. The Morgan fingerprint density at radius 3 is 2.65 bits per heavy atom. The number of aromatic nitrogens is 2. The molecule has 0 aliphatic carbocycles. The van der Waals surface area contributed by atoms with Gasteiger partial charge in [0.1, 0.15) is 5.92 Å². The maximum absolute atomic E-state index is 12.0. The van der Waals surface area contributed by atoms with Crippen molar-refractivity contribution in [2.45, 2.75) is 52.1 Å². The summed E-state index contributed by atoms with van der Waals surface area (Å²) in [5, 5.41) is 12.7. The molecule has 0 aromatic carbocycles. The predicted molar refractivity (Wildman–Crippen MR) is 85.5 cm³/mol. The number of rotatable bonds is 9. The molecule has 2 unspecified atom stereocenters. The van der Waals surface area contributed by atoms with Crippen LogP contribution in [0.3, 0.4) is 0 Å². The van der Waals surface area contributed by atoms with E-state index < -0.39 is 24.1 Å². The van der Waals surface area contributed by atoms with Gasteiger partial charge in [0.15, 0.2) is 5.82 Å². The van der Waals surface area contributed by atoms with Crippen molar-refractivity contribution < 1.29 is 24.2 Å². The number of carbonyl (C=O) groups excluding carboxylic acids is 2. The summed E-state index contributed by atoms with van der Waals surface area (Å²) in [5.74, 6) is -1.42. The number of anilines is 1. The van der Waals surface area contributed by atoms with Gasteiger partial charge in [-0.3, -0.25) is 10.1 Å². The fourth-order valence-corrected chi connectivity index (χ4v) is 2.34. The molecule has 1 aromatic rings. The summed E-state index contributed by atoms with van der Waals surface area (Å²) in [6, 6.07) is 0. The number of aliphatic hydroxyl groups excluding tert-OH is 1. The number of hydrogen-bond acceptors (Lipinski definition) is 8. The molecule has 9 heteroatoms. The number of nitrogens with one attached hydrogen (secondary N) is 1. The van der Waals surface area contributed by atoms with Crippen LogP contribution < -0.4 is 5.32 Å². The minimum Gasteiger partial charge on any atom is -0.465 e. The number of carbonyl (C=O) groups is 2. The summed E-state index contributed by atoms with van der Waals surface area (Å²) in [5.41, 5.74) is 0. The van der Waals surface area contributed by atoms with E-state index in [4.69, 9.17) is 9.47 Å². The van der Waals surface area contributed by atoms with E-state index in [0.29, 0.717) is 13.0 Å². The molecular weight excluding hydrogens is 322 g/mol. The highest BCUT2D eigenvalue weighted by Crippen LogP contribution is 2.24. The molecule has 0 saturated carbocycles. The van der Waals surface area contributed by atoms with Crippen molar-refractivity contribution in [2.75, 3.05) is 18.5 Å². The van der Waals surface area contributed by atoms with Crippen LogP contribution >= 0.6 is 11.5 Å². The Morgan fingerprint density at radius 1 is 1.30 bits per heavy atom. The monoisotopic (exact) mass is 345 g/mol. The van der Waals surface area contributed by atoms with Gasteiger partial charge in [-0.25, -0.2) is 9.78 Å². The number of nitrogens with zero attached hydrogens (tertiary/aromatic N) is 2. The van der Waals surface area contributed by atoms with E-state index in [0.717, 1.165) is 24.4 Å². The first-order valence-corrected chi connectivity index (χ1v) is 8.42. The fraction of sp³-hybridized carbons (Fsp3) is 0.714. The molecule has 0 aliphatic rings. The Balaban J connectivity index is 2.74. The second-order valence-corrected chi connectivity index (χ2v) is 5.53. The molecule has 1 heterocycles. The summed E-state index contributed by atoms with van der Waals surface area (Å²) >= 11 is 0.917. The van der Waals surface area contributed by atoms with Crippen molar-refractivity contribution >= 4 is 28.7 Å². The number of amides is 1. The van der Waals surface area contributed by atoms with E-state index in [9.17, 15) is 14.7 Å². The zero-order valence-electron chi connectivity index (χ0n) is 13.6. The molecule has 1 aromatic heterocycles. The smallest absolute Gasteiger partial charge is 0.413 e. The average molecular weight is 345 g/mol. The van der Waals surface area contributed by atoms with E-state index in [1.165, 1.54) is 0 Å². The molecule has 0 aliphatic heterocycles. The standard InChI is InChI=1S/C14H23N3O5S/c1-4-7-8-22-14(20)16-13-15-11(17-23-13)10(9(18)5-2)12(19)21-6-3/h9-10,18H,4-8H2,1-3H3,(H,15,16,17,20). The highest BCUT2D eigenvalue weighted by molar-refractivity contribution is 7.09. The second kappa shape index (κ2) is 10.1. The maximum atomic E-state index is 12.0. The van der Waals surface area contributed by atoms with Gasteiger partial charge in [0.2, 0.25) is 5.13 Å². The third-order valence-corrected chi connectivity index (χ3v) is 3.65. The zero-order chi connectivity index (χ0) is 17.2. The molecule has 2 atom stereocenters. The van der Waals surface area contributed by atoms with Crippen molar-refractivity contribution in [3.63, 3.8) is 0 Å². The van der Waals surface area contributed by atoms with E-state index >= 15 is 0 Å². The van der Waals surface area contributed by atoms with Crippen molar-refractivity contribution in [1.82, 2.24) is 9.36 Å². The lowest BCUT2D eigenvalue weighted by Crippen LogP contribution is -2.28. The lowest BCUT2D eigenvalue weighted by atomic mass is 10.00. The van der Waals surface area contributed by atoms with Gasteiger partial charge in [0.25, 0.3) is 0 Å². The fourth-order valence-electron chi connectivity index (χ4n) is 1.75. The van der Waals surface area contributed by atoms with E-state index in [1.807, 2.05) is 6.92 Å². The molecular formula is C14H23N3O5S. The first-order chi connectivity index (χ1) is 11.0. The van der Waals surface area contributed by atoms with Crippen LogP contribution in [0.2, 0.25) is 0 Å². The Bertz CT molecular complexity index is 508. The summed E-state index contributed by atoms with van der Waals surface area (Å²) in [6.45, 7) is 5.94. The van der Waals surface area contributed by atoms with E-state index in [2.05, 4.69) is 14.7 Å². The summed E-state index contributed by atoms with van der Waals surface area (Å²) in [4.78, 5) is 27.6. The summed E-state index contributed by atoms with van der Waals surface area (Å²) in [7, 11) is 0. The minimum atomic E-state index is -0.970. The quantitative estimate of drug-likeness (QED) is 0.522. The largest absolute Gasteiger partial charge is 0.465 e. The lowest BCUT2D eigenvalue weighted by Gasteiger charge is -2.17. The Morgan fingerprint density at radius 2 is 2.04 bits per heavy atom. The second-order valence-electron chi connectivity index (χ2n) is 4.78. The van der Waals surface area contributed by atoms with Gasteiger partial charge in [-0.15, -0.1) is 0 Å². The van der Waals surface area contributed by atoms with Gasteiger partial charge in [-0.05, 0) is 19.8 Å². The van der Waals surface area contributed by atoms with Gasteiger partial charge in [-0.2, -0.15) is 4.37 Å². The van der Waals surface area contributed by atoms with Crippen LogP contribution in [-0.2, 0) is 14.3 Å². The van der Waals surface area contributed by atoms with Crippen molar-refractivity contribution in [1.29, 1.82) is 0 Å². The molecule has 0 fully saturated rings. The third kappa shape index (κ3) is 6.11. The van der Waals surface area contributed by atoms with Crippen LogP contribution in [0.15, 0.2) is 0 Å². The molecule has 0 radical (unpaired) electrons. The highest BCUT2D eigenvalue weighted by atomic mass is 32.1. The van der Waals surface area contributed by atoms with E-state index in [1.54, 1.807) is 13.8 Å². The first kappa shape index (κ1) is 19.3. The van der Waals surface area contributed by atoms with Gasteiger partial charge >= 0.3 is 12.1 Å². The summed E-state index contributed by atoms with van der Waals surface area (Å²) < 4.78 is 13.9. The molecule has 2 N–H and O–H groups in total. The maximum Gasteiger partial charge on any atom is 0.413 e. The minimum absolute atomic E-state index is 0.131. The van der Waals surface area contributed by atoms with E-state index in [-0.39, 0.29) is 17.6 Å². The van der Waals surface area contributed by atoms with Crippen LogP contribution in [0, 0.1) is 0 Å². The molecule has 0 saturated heterocycles. The molecule has 130 valence electrons. The Kier molecular flexibility index (Phi) is 8.49. The lowest BCUT2D eigenvalue weighted by molar-refractivity contribution is -0.148. The van der Waals surface area contributed by atoms with Crippen LogP contribution in [0.25, 0.3) is 0 Å². The normalized spacial score (nSPS) is 13.2. The molecule has 8 nitrogen and oxygen atoms in total. The molecule has 0 spiro atoms. The van der Waals surface area contributed by atoms with Crippen LogP contribution in [0.1, 0.15) is 51.8 Å². The SMILES string of the molecule is CCCCOC(=O)Nc1nc(C(C(=O)OCC)C(O)CC)ns1. The number of ether oxygens (including phenoxy) is 2. The zero-order valence-corrected chi connectivity index (χ0v) is 14.4. The average Bonchev–Trinajstić information content (AvgIpc) is 2.95. The molecule has 1 rings (SSSR count). The predicted octanol–water partition coefficient (Wildman–Crippen LogP) is 2.30. The number of hydrogen-bond donors (Lipinski definition) is 2. The number of unbranched alkanes of at least 4 members (excludes halogenated alkanes) is 1. The van der Waals surface area contributed by atoms with Gasteiger partial charge in [0.05, 0.1) is 19.3 Å². The van der Waals surface area contributed by atoms with Crippen molar-refractivity contribution in [2.24, 2.45) is 0 Å². The van der Waals surface area contributed by atoms with Crippen molar-refractivity contribution in [3.8, 4) is 0 Å².